The quantitative estimate of drug-likeness (QED) is 0.609. The number of carbonyl (C=O) groups excluding carboxylic acids is 1. The Labute approximate surface area is 177 Å². The highest BCUT2D eigenvalue weighted by atomic mass is 16.5. The van der Waals surface area contributed by atoms with Gasteiger partial charge < -0.3 is 21.1 Å². The lowest BCUT2D eigenvalue weighted by Crippen LogP contribution is -2.39. The van der Waals surface area contributed by atoms with E-state index in [1.807, 2.05) is 18.2 Å². The van der Waals surface area contributed by atoms with Gasteiger partial charge in [0.25, 0.3) is 0 Å². The van der Waals surface area contributed by atoms with Crippen LogP contribution in [0.25, 0.3) is 10.9 Å². The lowest BCUT2D eigenvalue weighted by atomic mass is 9.82. The number of amides is 1. The van der Waals surface area contributed by atoms with Gasteiger partial charge in [0.05, 0.1) is 18.7 Å². The van der Waals surface area contributed by atoms with Gasteiger partial charge in [-0.1, -0.05) is 12.1 Å². The van der Waals surface area contributed by atoms with Gasteiger partial charge in [-0.05, 0) is 43.7 Å². The Kier molecular flexibility index (Phi) is 6.96. The molecule has 2 heterocycles. The van der Waals surface area contributed by atoms with Gasteiger partial charge >= 0.3 is 0 Å². The van der Waals surface area contributed by atoms with E-state index >= 15 is 0 Å². The molecule has 0 bridgehead atoms. The predicted octanol–water partition coefficient (Wildman–Crippen LogP) is 2.08. The van der Waals surface area contributed by atoms with Crippen LogP contribution in [-0.2, 0) is 9.53 Å². The molecule has 162 valence electrons. The van der Waals surface area contributed by atoms with Gasteiger partial charge in [-0.25, -0.2) is 4.98 Å². The zero-order valence-corrected chi connectivity index (χ0v) is 17.5. The molecule has 4 rings (SSSR count). The molecule has 4 N–H and O–H groups in total. The first-order valence-electron chi connectivity index (χ1n) is 11.0. The summed E-state index contributed by atoms with van der Waals surface area (Å²) in [6.07, 6.45) is 3.79. The van der Waals surface area contributed by atoms with Crippen LogP contribution in [0.4, 0.5) is 11.8 Å². The molecule has 1 saturated carbocycles. The van der Waals surface area contributed by atoms with Crippen molar-refractivity contribution in [2.75, 3.05) is 56.6 Å². The summed E-state index contributed by atoms with van der Waals surface area (Å²) >= 11 is 0. The number of nitrogens with zero attached hydrogens (tertiary/aromatic N) is 3. The largest absolute Gasteiger partial charge is 0.379 e. The van der Waals surface area contributed by atoms with E-state index in [9.17, 15) is 4.79 Å². The van der Waals surface area contributed by atoms with Crippen molar-refractivity contribution >= 4 is 28.6 Å². The van der Waals surface area contributed by atoms with Crippen LogP contribution in [0.1, 0.15) is 25.7 Å². The number of primary amides is 1. The van der Waals surface area contributed by atoms with Crippen molar-refractivity contribution in [3.63, 3.8) is 0 Å². The number of aromatic nitrogens is 2. The molecule has 8 nitrogen and oxygen atoms in total. The summed E-state index contributed by atoms with van der Waals surface area (Å²) in [5, 5.41) is 7.97. The molecule has 0 spiro atoms. The summed E-state index contributed by atoms with van der Waals surface area (Å²) in [7, 11) is 0. The van der Waals surface area contributed by atoms with Crippen molar-refractivity contribution in [1.29, 1.82) is 0 Å². The molecule has 1 amide bonds. The van der Waals surface area contributed by atoms with Crippen molar-refractivity contribution in [3.8, 4) is 0 Å². The van der Waals surface area contributed by atoms with Crippen LogP contribution >= 0.6 is 0 Å². The predicted molar refractivity (Wildman–Crippen MR) is 118 cm³/mol. The highest BCUT2D eigenvalue weighted by Gasteiger charge is 2.24. The Morgan fingerprint density at radius 1 is 1.10 bits per heavy atom. The minimum absolute atomic E-state index is 0.0421. The summed E-state index contributed by atoms with van der Waals surface area (Å²) in [6, 6.07) is 8.10. The highest BCUT2D eigenvalue weighted by Crippen LogP contribution is 2.29. The van der Waals surface area contributed by atoms with E-state index in [0.717, 1.165) is 88.3 Å². The number of benzene rings is 1. The minimum Gasteiger partial charge on any atom is -0.379 e. The third-order valence-corrected chi connectivity index (χ3v) is 6.23. The molecule has 0 unspecified atom stereocenters. The van der Waals surface area contributed by atoms with E-state index in [1.165, 1.54) is 0 Å². The van der Waals surface area contributed by atoms with Crippen LogP contribution in [0.5, 0.6) is 0 Å². The Balaban J connectivity index is 1.36. The SMILES string of the molecule is NC(=O)C1CCC(CNc2nc(NCCN3CCOCC3)c3ccccc3n2)CC1. The van der Waals surface area contributed by atoms with Gasteiger partial charge in [0, 0.05) is 44.0 Å². The summed E-state index contributed by atoms with van der Waals surface area (Å²) in [5.41, 5.74) is 6.38. The number of carbonyl (C=O) groups is 1. The second-order valence-electron chi connectivity index (χ2n) is 8.29. The van der Waals surface area contributed by atoms with E-state index in [1.54, 1.807) is 0 Å². The van der Waals surface area contributed by atoms with Gasteiger partial charge in [0.15, 0.2) is 0 Å². The van der Waals surface area contributed by atoms with Crippen molar-refractivity contribution < 1.29 is 9.53 Å². The van der Waals surface area contributed by atoms with Gasteiger partial charge in [-0.2, -0.15) is 4.98 Å². The molecule has 1 aliphatic heterocycles. The van der Waals surface area contributed by atoms with Crippen molar-refractivity contribution in [3.05, 3.63) is 24.3 Å². The maximum absolute atomic E-state index is 11.4. The minimum atomic E-state index is -0.160. The number of anilines is 2. The molecule has 8 heteroatoms. The van der Waals surface area contributed by atoms with Crippen LogP contribution in [0.3, 0.4) is 0 Å². The smallest absolute Gasteiger partial charge is 0.225 e. The van der Waals surface area contributed by atoms with Crippen LogP contribution < -0.4 is 16.4 Å². The number of rotatable bonds is 8. The molecule has 30 heavy (non-hydrogen) atoms. The van der Waals surface area contributed by atoms with E-state index in [-0.39, 0.29) is 11.8 Å². The second kappa shape index (κ2) is 10.0. The molecule has 1 aromatic heterocycles. The zero-order chi connectivity index (χ0) is 20.8. The molecule has 1 aliphatic carbocycles. The number of hydrogen-bond acceptors (Lipinski definition) is 7. The van der Waals surface area contributed by atoms with E-state index in [0.29, 0.717) is 11.9 Å². The van der Waals surface area contributed by atoms with Gasteiger partial charge in [0.2, 0.25) is 11.9 Å². The van der Waals surface area contributed by atoms with Crippen LogP contribution in [0.15, 0.2) is 24.3 Å². The summed E-state index contributed by atoms with van der Waals surface area (Å²) in [6.45, 7) is 6.20. The first-order valence-corrected chi connectivity index (χ1v) is 11.0. The van der Waals surface area contributed by atoms with Gasteiger partial charge in [-0.3, -0.25) is 9.69 Å². The molecule has 2 aliphatic rings. The fraction of sp³-hybridized carbons (Fsp3) is 0.591. The molecule has 0 atom stereocenters. The number of morpholine rings is 1. The van der Waals surface area contributed by atoms with Gasteiger partial charge in [-0.15, -0.1) is 0 Å². The Morgan fingerprint density at radius 3 is 2.63 bits per heavy atom. The normalized spacial score (nSPS) is 22.7. The molecular weight excluding hydrogens is 380 g/mol. The molecule has 0 radical (unpaired) electrons. The fourth-order valence-electron chi connectivity index (χ4n) is 4.33. The van der Waals surface area contributed by atoms with Crippen LogP contribution in [-0.4, -0.2) is 66.7 Å². The maximum atomic E-state index is 11.4. The fourth-order valence-corrected chi connectivity index (χ4v) is 4.33. The summed E-state index contributed by atoms with van der Waals surface area (Å²) in [5.74, 6) is 1.93. The Bertz CT molecular complexity index is 847. The Morgan fingerprint density at radius 2 is 1.87 bits per heavy atom. The average Bonchev–Trinajstić information content (AvgIpc) is 2.78. The number of ether oxygens (including phenoxy) is 1. The molecule has 1 saturated heterocycles. The molecule has 1 aromatic carbocycles. The lowest BCUT2D eigenvalue weighted by molar-refractivity contribution is -0.122. The molecular formula is C22H32N6O2. The van der Waals surface area contributed by atoms with Crippen LogP contribution in [0.2, 0.25) is 0 Å². The standard InChI is InChI=1S/C22H32N6O2/c23-20(29)17-7-5-16(6-8-17)15-25-22-26-19-4-2-1-3-18(19)21(27-22)24-9-10-28-11-13-30-14-12-28/h1-4,16-17H,5-15H2,(H2,23,29)(H2,24,25,26,27). The van der Waals surface area contributed by atoms with Crippen molar-refractivity contribution in [2.24, 2.45) is 17.6 Å². The molecule has 2 aromatic rings. The van der Waals surface area contributed by atoms with Gasteiger partial charge in [0.1, 0.15) is 5.82 Å². The topological polar surface area (TPSA) is 105 Å². The number of para-hydroxylation sites is 1. The number of nitrogens with one attached hydrogen (secondary N) is 2. The number of fused-ring (bicyclic) bond motifs is 1. The van der Waals surface area contributed by atoms with E-state index in [4.69, 9.17) is 20.4 Å². The van der Waals surface area contributed by atoms with Crippen molar-refractivity contribution in [2.45, 2.75) is 25.7 Å². The first-order chi connectivity index (χ1) is 14.7. The maximum Gasteiger partial charge on any atom is 0.225 e. The monoisotopic (exact) mass is 412 g/mol. The Hall–Kier alpha value is -2.45. The third kappa shape index (κ3) is 5.37. The average molecular weight is 413 g/mol. The zero-order valence-electron chi connectivity index (χ0n) is 17.5. The lowest BCUT2D eigenvalue weighted by Gasteiger charge is -2.27. The third-order valence-electron chi connectivity index (χ3n) is 6.23. The van der Waals surface area contributed by atoms with E-state index in [2.05, 4.69) is 21.6 Å². The highest BCUT2D eigenvalue weighted by molar-refractivity contribution is 5.90. The summed E-state index contributed by atoms with van der Waals surface area (Å²) < 4.78 is 5.42. The van der Waals surface area contributed by atoms with E-state index < -0.39 is 0 Å². The summed E-state index contributed by atoms with van der Waals surface area (Å²) in [4.78, 5) is 23.2. The van der Waals surface area contributed by atoms with Crippen LogP contribution in [0, 0.1) is 11.8 Å². The first kappa shape index (κ1) is 20.8. The molecule has 2 fully saturated rings. The second-order valence-corrected chi connectivity index (χ2v) is 8.29. The van der Waals surface area contributed by atoms with Crippen molar-refractivity contribution in [1.82, 2.24) is 14.9 Å². The number of nitrogens with two attached hydrogens (primary N) is 1. The number of hydrogen-bond donors (Lipinski definition) is 3.